The van der Waals surface area contributed by atoms with Crippen LogP contribution in [0.25, 0.3) is 0 Å². The van der Waals surface area contributed by atoms with Gasteiger partial charge in [-0.25, -0.2) is 0 Å². The van der Waals surface area contributed by atoms with Gasteiger partial charge in [0, 0.05) is 6.42 Å². The monoisotopic (exact) mass is 332 g/mol. The molecular weight excluding hydrogens is 308 g/mol. The van der Waals surface area contributed by atoms with Gasteiger partial charge >= 0.3 is 0 Å². The van der Waals surface area contributed by atoms with Gasteiger partial charge in [-0.2, -0.15) is 0 Å². The van der Waals surface area contributed by atoms with Crippen LogP contribution in [-0.4, -0.2) is 89.9 Å². The first-order valence-electron chi connectivity index (χ1n) is 7.78. The third kappa shape index (κ3) is 2.52. The number of carbonyl (C=O) groups is 1. The van der Waals surface area contributed by atoms with Crippen molar-refractivity contribution in [3.8, 4) is 0 Å². The van der Waals surface area contributed by atoms with Gasteiger partial charge in [0.2, 0.25) is 6.29 Å². The van der Waals surface area contributed by atoms with Gasteiger partial charge in [0.25, 0.3) is 5.79 Å². The standard InChI is InChI=1S/C14H24N2O7/c1-5-4-6(17)14(20)13(21-5)22-12-10(19)7(15-2)9(18)8(16-3)11(12)23-14/h5,7-13,15-16,18-20H,4H2,1-3H3/t5-,7-,8+,9+,10-,11-,12+,13-,14-/m1/s1. The number of carbonyl (C=O) groups excluding carboxylic acids is 1. The summed E-state index contributed by atoms with van der Waals surface area (Å²) in [5, 5.41) is 37.2. The van der Waals surface area contributed by atoms with Crippen LogP contribution in [0.15, 0.2) is 0 Å². The van der Waals surface area contributed by atoms with Crippen molar-refractivity contribution in [2.75, 3.05) is 14.1 Å². The Morgan fingerprint density at radius 3 is 2.35 bits per heavy atom. The molecule has 0 radical (unpaired) electrons. The third-order valence-electron chi connectivity index (χ3n) is 4.93. The molecule has 5 N–H and O–H groups in total. The molecule has 3 fully saturated rings. The van der Waals surface area contributed by atoms with E-state index in [0.29, 0.717) is 0 Å². The van der Waals surface area contributed by atoms with Crippen molar-refractivity contribution < 1.29 is 34.3 Å². The summed E-state index contributed by atoms with van der Waals surface area (Å²) in [7, 11) is 3.24. The quantitative estimate of drug-likeness (QED) is 0.361. The fraction of sp³-hybridized carbons (Fsp3) is 0.929. The Hall–Kier alpha value is -0.650. The molecule has 2 heterocycles. The summed E-state index contributed by atoms with van der Waals surface area (Å²) in [5.41, 5.74) is 0. The second kappa shape index (κ2) is 6.01. The van der Waals surface area contributed by atoms with Crippen LogP contribution in [0.2, 0.25) is 0 Å². The Morgan fingerprint density at radius 1 is 1.09 bits per heavy atom. The highest BCUT2D eigenvalue weighted by molar-refractivity contribution is 5.87. The summed E-state index contributed by atoms with van der Waals surface area (Å²) in [6, 6.07) is -1.29. The minimum absolute atomic E-state index is 0.00220. The number of aliphatic hydroxyl groups excluding tert-OH is 2. The molecule has 0 aromatic rings. The normalized spacial score (nSPS) is 53.6. The lowest BCUT2D eigenvalue weighted by Gasteiger charge is -2.55. The molecule has 0 bridgehead atoms. The zero-order valence-corrected chi connectivity index (χ0v) is 13.3. The van der Waals surface area contributed by atoms with E-state index in [1.165, 1.54) is 0 Å². The number of rotatable bonds is 2. The summed E-state index contributed by atoms with van der Waals surface area (Å²) in [4.78, 5) is 12.2. The number of ether oxygens (including phenoxy) is 3. The van der Waals surface area contributed by atoms with Gasteiger partial charge in [0.1, 0.15) is 18.3 Å². The summed E-state index contributed by atoms with van der Waals surface area (Å²) in [6.45, 7) is 1.70. The highest BCUT2D eigenvalue weighted by Gasteiger charge is 2.63. The SMILES string of the molecule is CN[C@H]1[C@@H](O)[C@@H]2O[C@H]3O[C@H](C)CC(=O)[C@@]3(O)O[C@@H]2[C@@H](NC)[C@H]1O. The van der Waals surface area contributed by atoms with Crippen LogP contribution < -0.4 is 10.6 Å². The highest BCUT2D eigenvalue weighted by atomic mass is 16.8. The zero-order valence-electron chi connectivity index (χ0n) is 13.3. The number of Topliss-reactive ketones (excluding diaryl/α,β-unsaturated/α-hetero) is 1. The van der Waals surface area contributed by atoms with Gasteiger partial charge in [0.15, 0.2) is 5.78 Å². The van der Waals surface area contributed by atoms with E-state index < -0.39 is 60.5 Å². The maximum absolute atomic E-state index is 12.2. The molecule has 0 spiro atoms. The van der Waals surface area contributed by atoms with Gasteiger partial charge in [-0.1, -0.05) is 0 Å². The van der Waals surface area contributed by atoms with Gasteiger partial charge in [-0.15, -0.1) is 0 Å². The van der Waals surface area contributed by atoms with E-state index in [0.717, 1.165) is 0 Å². The van der Waals surface area contributed by atoms with Crippen molar-refractivity contribution in [1.82, 2.24) is 10.6 Å². The first kappa shape index (κ1) is 17.2. The Morgan fingerprint density at radius 2 is 1.74 bits per heavy atom. The largest absolute Gasteiger partial charge is 0.390 e. The maximum atomic E-state index is 12.2. The number of hydrogen-bond acceptors (Lipinski definition) is 9. The van der Waals surface area contributed by atoms with Crippen LogP contribution in [0.1, 0.15) is 13.3 Å². The molecule has 2 aliphatic heterocycles. The lowest BCUT2D eigenvalue weighted by Crippen LogP contribution is -2.77. The predicted molar refractivity (Wildman–Crippen MR) is 76.4 cm³/mol. The summed E-state index contributed by atoms with van der Waals surface area (Å²) < 4.78 is 16.8. The first-order valence-corrected chi connectivity index (χ1v) is 7.78. The van der Waals surface area contributed by atoms with Crippen molar-refractivity contribution in [2.45, 2.75) is 68.0 Å². The Balaban J connectivity index is 1.92. The Bertz CT molecular complexity index is 478. The average molecular weight is 332 g/mol. The van der Waals surface area contributed by atoms with Crippen molar-refractivity contribution in [3.05, 3.63) is 0 Å². The number of likely N-dealkylation sites (N-methyl/N-ethyl adjacent to an activating group) is 2. The topological polar surface area (TPSA) is 130 Å². The number of aliphatic hydroxyl groups is 3. The first-order chi connectivity index (χ1) is 10.8. The maximum Gasteiger partial charge on any atom is 0.280 e. The van der Waals surface area contributed by atoms with Gasteiger partial charge in [-0.05, 0) is 21.0 Å². The van der Waals surface area contributed by atoms with E-state index >= 15 is 0 Å². The van der Waals surface area contributed by atoms with E-state index in [4.69, 9.17) is 14.2 Å². The number of hydrogen-bond donors (Lipinski definition) is 5. The van der Waals surface area contributed by atoms with E-state index in [1.54, 1.807) is 21.0 Å². The molecule has 1 saturated carbocycles. The number of ketones is 1. The fourth-order valence-electron chi connectivity index (χ4n) is 3.68. The van der Waals surface area contributed by atoms with Crippen molar-refractivity contribution in [1.29, 1.82) is 0 Å². The van der Waals surface area contributed by atoms with Crippen molar-refractivity contribution in [2.24, 2.45) is 0 Å². The number of nitrogens with one attached hydrogen (secondary N) is 2. The molecule has 0 unspecified atom stereocenters. The fourth-order valence-corrected chi connectivity index (χ4v) is 3.68. The summed E-state index contributed by atoms with van der Waals surface area (Å²) in [5.74, 6) is -2.76. The minimum atomic E-state index is -2.23. The lowest BCUT2D eigenvalue weighted by atomic mass is 9.80. The van der Waals surface area contributed by atoms with E-state index in [1.807, 2.05) is 0 Å². The second-order valence-corrected chi connectivity index (χ2v) is 6.40. The van der Waals surface area contributed by atoms with Gasteiger partial charge in [0.05, 0.1) is 24.3 Å². The molecule has 1 aliphatic carbocycles. The Labute approximate surface area is 133 Å². The lowest BCUT2D eigenvalue weighted by molar-refractivity contribution is -0.420. The summed E-state index contributed by atoms with van der Waals surface area (Å²) >= 11 is 0. The number of fused-ring (bicyclic) bond motifs is 2. The van der Waals surface area contributed by atoms with Crippen LogP contribution in [0, 0.1) is 0 Å². The molecule has 132 valence electrons. The van der Waals surface area contributed by atoms with Crippen LogP contribution in [-0.2, 0) is 19.0 Å². The molecule has 23 heavy (non-hydrogen) atoms. The van der Waals surface area contributed by atoms with E-state index in [9.17, 15) is 20.1 Å². The third-order valence-corrected chi connectivity index (χ3v) is 4.93. The average Bonchev–Trinajstić information content (AvgIpc) is 2.49. The molecule has 9 atom stereocenters. The van der Waals surface area contributed by atoms with Gasteiger partial charge in [-0.3, -0.25) is 4.79 Å². The molecule has 3 aliphatic rings. The van der Waals surface area contributed by atoms with E-state index in [-0.39, 0.29) is 6.42 Å². The van der Waals surface area contributed by atoms with Crippen LogP contribution in [0.5, 0.6) is 0 Å². The Kier molecular flexibility index (Phi) is 4.49. The second-order valence-electron chi connectivity index (χ2n) is 6.40. The summed E-state index contributed by atoms with van der Waals surface area (Å²) in [6.07, 6.45) is -5.58. The van der Waals surface area contributed by atoms with E-state index in [2.05, 4.69) is 10.6 Å². The minimum Gasteiger partial charge on any atom is -0.390 e. The van der Waals surface area contributed by atoms with Crippen LogP contribution in [0.4, 0.5) is 0 Å². The molecule has 3 rings (SSSR count). The predicted octanol–water partition coefficient (Wildman–Crippen LogP) is -2.93. The highest BCUT2D eigenvalue weighted by Crippen LogP contribution is 2.40. The van der Waals surface area contributed by atoms with Crippen molar-refractivity contribution >= 4 is 5.78 Å². The zero-order chi connectivity index (χ0) is 16.9. The smallest absolute Gasteiger partial charge is 0.280 e. The molecule has 9 heteroatoms. The molecule has 0 aromatic heterocycles. The molecular formula is C14H24N2O7. The van der Waals surface area contributed by atoms with Gasteiger partial charge < -0.3 is 40.2 Å². The molecule has 0 aromatic carbocycles. The molecule has 9 nitrogen and oxygen atoms in total. The van der Waals surface area contributed by atoms with Crippen LogP contribution >= 0.6 is 0 Å². The van der Waals surface area contributed by atoms with Crippen LogP contribution in [0.3, 0.4) is 0 Å². The molecule has 2 saturated heterocycles. The molecule has 0 amide bonds. The van der Waals surface area contributed by atoms with Crippen molar-refractivity contribution in [3.63, 3.8) is 0 Å².